The third-order valence-electron chi connectivity index (χ3n) is 3.94. The van der Waals surface area contributed by atoms with Crippen LogP contribution in [0.2, 0.25) is 0 Å². The molecule has 0 unspecified atom stereocenters. The lowest BCUT2D eigenvalue weighted by Gasteiger charge is -2.06. The fraction of sp³-hybridized carbons (Fsp3) is 0.429. The van der Waals surface area contributed by atoms with Gasteiger partial charge in [-0.05, 0) is 46.6 Å². The van der Waals surface area contributed by atoms with E-state index in [1.54, 1.807) is 0 Å². The van der Waals surface area contributed by atoms with Gasteiger partial charge < -0.3 is 0 Å². The maximum absolute atomic E-state index is 2.30. The molecule has 0 bridgehead atoms. The van der Waals surface area contributed by atoms with Crippen LogP contribution in [-0.4, -0.2) is 0 Å². The monoisotopic (exact) mass is 378 g/mol. The maximum Gasteiger partial charge on any atom is -0.0181 e. The predicted octanol–water partition coefficient (Wildman–Crippen LogP) is 8.98. The standard InChI is InChI=1S/C14H16.C10H14.2C2H6/c1-11(2)9-12-7-8-13-5-3-4-6-14(13)10-12;1-9(2)8-10-6-4-3-5-7-10;2*1-2/h3-8,10-11H,9H2,1-2H3;3-7,9H,8H2,1-2H3;2*1-2H3. The maximum atomic E-state index is 2.30. The first-order valence-electron chi connectivity index (χ1n) is 11.1. The second kappa shape index (κ2) is 15.9. The highest BCUT2D eigenvalue weighted by Crippen LogP contribution is 2.17. The molecule has 0 heterocycles. The molecule has 154 valence electrons. The van der Waals surface area contributed by atoms with Gasteiger partial charge >= 0.3 is 0 Å². The van der Waals surface area contributed by atoms with Crippen molar-refractivity contribution in [3.63, 3.8) is 0 Å². The average molecular weight is 379 g/mol. The Morgan fingerprint density at radius 2 is 0.964 bits per heavy atom. The van der Waals surface area contributed by atoms with Crippen LogP contribution in [0.15, 0.2) is 72.8 Å². The highest BCUT2D eigenvalue weighted by molar-refractivity contribution is 5.82. The van der Waals surface area contributed by atoms with E-state index in [1.807, 2.05) is 27.7 Å². The van der Waals surface area contributed by atoms with Crippen molar-refractivity contribution in [3.8, 4) is 0 Å². The summed E-state index contributed by atoms with van der Waals surface area (Å²) in [7, 11) is 0. The van der Waals surface area contributed by atoms with Crippen molar-refractivity contribution in [2.24, 2.45) is 11.8 Å². The zero-order valence-electron chi connectivity index (χ0n) is 19.5. The van der Waals surface area contributed by atoms with Gasteiger partial charge in [-0.25, -0.2) is 0 Å². The van der Waals surface area contributed by atoms with E-state index >= 15 is 0 Å². The SMILES string of the molecule is CC.CC.CC(C)Cc1ccc2ccccc2c1.CC(C)Cc1ccccc1. The summed E-state index contributed by atoms with van der Waals surface area (Å²) in [5, 5.41) is 2.69. The molecule has 0 amide bonds. The molecular formula is C28H42. The summed E-state index contributed by atoms with van der Waals surface area (Å²) >= 11 is 0. The largest absolute Gasteiger partial charge is 0.0683 e. The molecule has 0 aliphatic carbocycles. The normalized spacial score (nSPS) is 9.64. The minimum atomic E-state index is 0.733. The lowest BCUT2D eigenvalue weighted by atomic mass is 10.00. The van der Waals surface area contributed by atoms with Gasteiger partial charge in [-0.2, -0.15) is 0 Å². The van der Waals surface area contributed by atoms with Gasteiger partial charge in [-0.3, -0.25) is 0 Å². The van der Waals surface area contributed by atoms with E-state index in [2.05, 4.69) is 100 Å². The lowest BCUT2D eigenvalue weighted by Crippen LogP contribution is -1.93. The Hall–Kier alpha value is -2.08. The molecular weight excluding hydrogens is 336 g/mol. The van der Waals surface area contributed by atoms with Gasteiger partial charge in [-0.15, -0.1) is 0 Å². The molecule has 0 spiro atoms. The van der Waals surface area contributed by atoms with E-state index < -0.39 is 0 Å². The fourth-order valence-corrected chi connectivity index (χ4v) is 2.92. The molecule has 0 nitrogen and oxygen atoms in total. The predicted molar refractivity (Wildman–Crippen MR) is 130 cm³/mol. The number of benzene rings is 3. The molecule has 3 rings (SSSR count). The Balaban J connectivity index is 0.000000460. The van der Waals surface area contributed by atoms with E-state index in [4.69, 9.17) is 0 Å². The van der Waals surface area contributed by atoms with Crippen molar-refractivity contribution in [1.82, 2.24) is 0 Å². The topological polar surface area (TPSA) is 0 Å². The quantitative estimate of drug-likeness (QED) is 0.425. The van der Waals surface area contributed by atoms with Crippen LogP contribution in [-0.2, 0) is 12.8 Å². The highest BCUT2D eigenvalue weighted by Gasteiger charge is 1.98. The summed E-state index contributed by atoms with van der Waals surface area (Å²) in [6.45, 7) is 17.0. The van der Waals surface area contributed by atoms with Crippen LogP contribution >= 0.6 is 0 Å². The number of hydrogen-bond donors (Lipinski definition) is 0. The van der Waals surface area contributed by atoms with Gasteiger partial charge in [0.05, 0.1) is 0 Å². The van der Waals surface area contributed by atoms with Crippen LogP contribution in [0.4, 0.5) is 0 Å². The minimum Gasteiger partial charge on any atom is -0.0683 e. The Kier molecular flexibility index (Phi) is 14.7. The molecule has 28 heavy (non-hydrogen) atoms. The molecule has 3 aromatic carbocycles. The number of hydrogen-bond acceptors (Lipinski definition) is 0. The second-order valence-corrected chi connectivity index (χ2v) is 7.36. The van der Waals surface area contributed by atoms with E-state index in [1.165, 1.54) is 34.7 Å². The van der Waals surface area contributed by atoms with Gasteiger partial charge in [0.1, 0.15) is 0 Å². The third kappa shape index (κ3) is 10.9. The van der Waals surface area contributed by atoms with Gasteiger partial charge in [0.2, 0.25) is 0 Å². The molecule has 0 radical (unpaired) electrons. The van der Waals surface area contributed by atoms with E-state index in [9.17, 15) is 0 Å². The van der Waals surface area contributed by atoms with Crippen molar-refractivity contribution < 1.29 is 0 Å². The molecule has 0 heteroatoms. The van der Waals surface area contributed by atoms with Crippen LogP contribution in [0.1, 0.15) is 66.5 Å². The van der Waals surface area contributed by atoms with Crippen LogP contribution in [0.3, 0.4) is 0 Å². The van der Waals surface area contributed by atoms with Crippen molar-refractivity contribution in [1.29, 1.82) is 0 Å². The van der Waals surface area contributed by atoms with E-state index in [-0.39, 0.29) is 0 Å². The molecule has 0 fully saturated rings. The Morgan fingerprint density at radius 3 is 1.50 bits per heavy atom. The minimum absolute atomic E-state index is 0.733. The molecule has 3 aromatic rings. The number of rotatable bonds is 4. The van der Waals surface area contributed by atoms with E-state index in [0.717, 1.165) is 11.8 Å². The number of fused-ring (bicyclic) bond motifs is 1. The van der Waals surface area contributed by atoms with Gasteiger partial charge in [0, 0.05) is 0 Å². The molecule has 0 N–H and O–H groups in total. The van der Waals surface area contributed by atoms with Crippen molar-refractivity contribution in [2.75, 3.05) is 0 Å². The van der Waals surface area contributed by atoms with Gasteiger partial charge in [0.15, 0.2) is 0 Å². The first-order chi connectivity index (χ1) is 13.5. The van der Waals surface area contributed by atoms with Crippen LogP contribution in [0.5, 0.6) is 0 Å². The summed E-state index contributed by atoms with van der Waals surface area (Å²) in [6.07, 6.45) is 2.37. The highest BCUT2D eigenvalue weighted by atomic mass is 14.0. The molecule has 0 atom stereocenters. The van der Waals surface area contributed by atoms with E-state index in [0.29, 0.717) is 0 Å². The Morgan fingerprint density at radius 1 is 0.500 bits per heavy atom. The Labute approximate surface area is 175 Å². The third-order valence-corrected chi connectivity index (χ3v) is 3.94. The van der Waals surface area contributed by atoms with Crippen molar-refractivity contribution >= 4 is 10.8 Å². The van der Waals surface area contributed by atoms with Gasteiger partial charge in [0.25, 0.3) is 0 Å². The summed E-state index contributed by atoms with van der Waals surface area (Å²) < 4.78 is 0. The first kappa shape index (κ1) is 25.9. The summed E-state index contributed by atoms with van der Waals surface area (Å²) in [5.74, 6) is 1.50. The Bertz CT molecular complexity index is 723. The van der Waals surface area contributed by atoms with Crippen LogP contribution in [0, 0.1) is 11.8 Å². The second-order valence-electron chi connectivity index (χ2n) is 7.36. The zero-order valence-corrected chi connectivity index (χ0v) is 19.5. The van der Waals surface area contributed by atoms with Crippen LogP contribution < -0.4 is 0 Å². The molecule has 0 saturated carbocycles. The average Bonchev–Trinajstić information content (AvgIpc) is 2.71. The first-order valence-corrected chi connectivity index (χ1v) is 11.1. The smallest absolute Gasteiger partial charge is 0.0181 e. The van der Waals surface area contributed by atoms with Crippen molar-refractivity contribution in [3.05, 3.63) is 83.9 Å². The molecule has 0 aromatic heterocycles. The molecule has 0 saturated heterocycles. The summed E-state index contributed by atoms with van der Waals surface area (Å²) in [4.78, 5) is 0. The fourth-order valence-electron chi connectivity index (χ4n) is 2.92. The van der Waals surface area contributed by atoms with Crippen LogP contribution in [0.25, 0.3) is 10.8 Å². The lowest BCUT2D eigenvalue weighted by molar-refractivity contribution is 0.647. The zero-order chi connectivity index (χ0) is 21.4. The van der Waals surface area contributed by atoms with Crippen molar-refractivity contribution in [2.45, 2.75) is 68.2 Å². The molecule has 0 aliphatic rings. The van der Waals surface area contributed by atoms with Gasteiger partial charge in [-0.1, -0.05) is 128 Å². The molecule has 0 aliphatic heterocycles. The summed E-state index contributed by atoms with van der Waals surface area (Å²) in [6, 6.07) is 25.9. The summed E-state index contributed by atoms with van der Waals surface area (Å²) in [5.41, 5.74) is 2.89.